The fourth-order valence-corrected chi connectivity index (χ4v) is 3.08. The second-order valence-corrected chi connectivity index (χ2v) is 7.08. The van der Waals surface area contributed by atoms with Gasteiger partial charge in [-0.15, -0.1) is 0 Å². The van der Waals surface area contributed by atoms with Crippen LogP contribution in [-0.2, 0) is 16.6 Å². The standard InChI is InChI=1S/C18H15Cl2F3O2/c1-18(2,9-3-5-10(19)6-4-9)12(17(24)25)7-11-15(20)13(21)8-14(22)16(11)23/h3-6,8,12H,7H2,1-2H3,(H,24,25). The summed E-state index contributed by atoms with van der Waals surface area (Å²) >= 11 is 11.6. The van der Waals surface area contributed by atoms with E-state index >= 15 is 0 Å². The van der Waals surface area contributed by atoms with Gasteiger partial charge in [0.15, 0.2) is 11.6 Å². The molecule has 0 saturated heterocycles. The molecule has 2 aromatic rings. The van der Waals surface area contributed by atoms with Crippen molar-refractivity contribution >= 4 is 29.2 Å². The third kappa shape index (κ3) is 3.93. The van der Waals surface area contributed by atoms with Crippen LogP contribution in [0.4, 0.5) is 13.2 Å². The van der Waals surface area contributed by atoms with Crippen LogP contribution in [0.1, 0.15) is 25.0 Å². The molecular weight excluding hydrogens is 376 g/mol. The van der Waals surface area contributed by atoms with Crippen LogP contribution in [0.15, 0.2) is 30.3 Å². The Balaban J connectivity index is 2.50. The normalized spacial score (nSPS) is 12.9. The first kappa shape index (κ1) is 19.6. The number of halogens is 5. The Morgan fingerprint density at radius 1 is 1.12 bits per heavy atom. The van der Waals surface area contributed by atoms with Gasteiger partial charge in [0, 0.05) is 22.1 Å². The molecule has 2 aromatic carbocycles. The summed E-state index contributed by atoms with van der Waals surface area (Å²) in [7, 11) is 0. The van der Waals surface area contributed by atoms with E-state index in [-0.39, 0.29) is 0 Å². The van der Waals surface area contributed by atoms with Crippen molar-refractivity contribution in [1.82, 2.24) is 0 Å². The molecule has 134 valence electrons. The van der Waals surface area contributed by atoms with E-state index < -0.39 is 51.8 Å². The highest BCUT2D eigenvalue weighted by atomic mass is 35.5. The molecule has 0 heterocycles. The zero-order chi connectivity index (χ0) is 18.9. The van der Waals surface area contributed by atoms with E-state index in [1.807, 2.05) is 0 Å². The van der Waals surface area contributed by atoms with Gasteiger partial charge in [0.25, 0.3) is 0 Å². The smallest absolute Gasteiger partial charge is 0.307 e. The van der Waals surface area contributed by atoms with Crippen LogP contribution in [0, 0.1) is 23.4 Å². The molecule has 0 fully saturated rings. The van der Waals surface area contributed by atoms with Crippen LogP contribution in [0.3, 0.4) is 0 Å². The van der Waals surface area contributed by atoms with Crippen molar-refractivity contribution < 1.29 is 23.1 Å². The van der Waals surface area contributed by atoms with E-state index in [0.29, 0.717) is 16.7 Å². The predicted molar refractivity (Wildman–Crippen MR) is 90.6 cm³/mol. The molecule has 0 aliphatic rings. The second-order valence-electron chi connectivity index (χ2n) is 6.27. The van der Waals surface area contributed by atoms with E-state index in [1.54, 1.807) is 38.1 Å². The lowest BCUT2D eigenvalue weighted by Crippen LogP contribution is -2.36. The van der Waals surface area contributed by atoms with Gasteiger partial charge in [-0.1, -0.05) is 49.2 Å². The number of carboxylic acid groups (broad SMARTS) is 1. The van der Waals surface area contributed by atoms with Crippen LogP contribution >= 0.6 is 23.2 Å². The van der Waals surface area contributed by atoms with Crippen LogP contribution in [-0.4, -0.2) is 11.1 Å². The number of aliphatic carboxylic acids is 1. The molecule has 2 rings (SSSR count). The summed E-state index contributed by atoms with van der Waals surface area (Å²) < 4.78 is 41.2. The first-order valence-corrected chi connectivity index (χ1v) is 8.12. The SMILES string of the molecule is CC(C)(c1ccc(Cl)cc1)C(Cc1c(F)c(F)cc(F)c1Cl)C(=O)O. The molecular formula is C18H15Cl2F3O2. The highest BCUT2D eigenvalue weighted by Crippen LogP contribution is 2.37. The van der Waals surface area contributed by atoms with Gasteiger partial charge < -0.3 is 5.11 Å². The third-order valence-corrected chi connectivity index (χ3v) is 5.03. The molecule has 0 aromatic heterocycles. The van der Waals surface area contributed by atoms with E-state index in [0.717, 1.165) is 0 Å². The van der Waals surface area contributed by atoms with Crippen molar-refractivity contribution in [3.8, 4) is 0 Å². The highest BCUT2D eigenvalue weighted by molar-refractivity contribution is 6.31. The Kier molecular flexibility index (Phi) is 5.69. The van der Waals surface area contributed by atoms with Crippen molar-refractivity contribution in [1.29, 1.82) is 0 Å². The fourth-order valence-electron chi connectivity index (χ4n) is 2.74. The highest BCUT2D eigenvalue weighted by Gasteiger charge is 2.38. The number of hydrogen-bond acceptors (Lipinski definition) is 1. The second kappa shape index (κ2) is 7.26. The summed E-state index contributed by atoms with van der Waals surface area (Å²) in [5.41, 5.74) is -0.832. The molecule has 1 N–H and O–H groups in total. The van der Waals surface area contributed by atoms with Crippen LogP contribution < -0.4 is 0 Å². The maximum atomic E-state index is 14.1. The van der Waals surface area contributed by atoms with Crippen LogP contribution in [0.5, 0.6) is 0 Å². The Hall–Kier alpha value is -1.72. The maximum absolute atomic E-state index is 14.1. The zero-order valence-electron chi connectivity index (χ0n) is 13.4. The van der Waals surface area contributed by atoms with Gasteiger partial charge in [-0.25, -0.2) is 13.2 Å². The van der Waals surface area contributed by atoms with Gasteiger partial charge in [-0.2, -0.15) is 0 Å². The average Bonchev–Trinajstić information content (AvgIpc) is 2.53. The topological polar surface area (TPSA) is 37.3 Å². The van der Waals surface area contributed by atoms with Crippen molar-refractivity contribution in [2.24, 2.45) is 5.92 Å². The minimum Gasteiger partial charge on any atom is -0.481 e. The van der Waals surface area contributed by atoms with Gasteiger partial charge >= 0.3 is 5.97 Å². The Bertz CT molecular complexity index is 779. The molecule has 0 saturated carbocycles. The molecule has 1 unspecified atom stereocenters. The Labute approximate surface area is 153 Å². The summed E-state index contributed by atoms with van der Waals surface area (Å²) in [4.78, 5) is 11.8. The fraction of sp³-hybridized carbons (Fsp3) is 0.278. The maximum Gasteiger partial charge on any atom is 0.307 e. The Morgan fingerprint density at radius 3 is 2.20 bits per heavy atom. The van der Waals surface area contributed by atoms with Gasteiger partial charge in [-0.3, -0.25) is 4.79 Å². The lowest BCUT2D eigenvalue weighted by atomic mass is 9.71. The van der Waals surface area contributed by atoms with Crippen molar-refractivity contribution in [2.75, 3.05) is 0 Å². The van der Waals surface area contributed by atoms with E-state index in [4.69, 9.17) is 23.2 Å². The molecule has 7 heteroatoms. The first-order valence-electron chi connectivity index (χ1n) is 7.36. The molecule has 1 atom stereocenters. The monoisotopic (exact) mass is 390 g/mol. The van der Waals surface area contributed by atoms with E-state index in [1.165, 1.54) is 0 Å². The molecule has 0 bridgehead atoms. The molecule has 0 spiro atoms. The lowest BCUT2D eigenvalue weighted by Gasteiger charge is -2.32. The van der Waals surface area contributed by atoms with Crippen LogP contribution in [0.2, 0.25) is 10.0 Å². The van der Waals surface area contributed by atoms with Gasteiger partial charge in [0.2, 0.25) is 0 Å². The summed E-state index contributed by atoms with van der Waals surface area (Å²) in [6.45, 7) is 3.30. The number of rotatable bonds is 5. The predicted octanol–water partition coefficient (Wildman–Crippen LogP) is 5.63. The zero-order valence-corrected chi connectivity index (χ0v) is 14.9. The van der Waals surface area contributed by atoms with Crippen molar-refractivity contribution in [2.45, 2.75) is 25.7 Å². The molecule has 2 nitrogen and oxygen atoms in total. The van der Waals surface area contributed by atoms with Crippen LogP contribution in [0.25, 0.3) is 0 Å². The van der Waals surface area contributed by atoms with Gasteiger partial charge in [0.1, 0.15) is 5.82 Å². The summed E-state index contributed by atoms with van der Waals surface area (Å²) in [6, 6.07) is 6.85. The molecule has 0 amide bonds. The summed E-state index contributed by atoms with van der Waals surface area (Å²) in [5.74, 6) is -6.30. The van der Waals surface area contributed by atoms with Gasteiger partial charge in [-0.05, 0) is 24.1 Å². The first-order chi connectivity index (χ1) is 11.6. The van der Waals surface area contributed by atoms with Crippen molar-refractivity contribution in [3.05, 3.63) is 69.0 Å². The van der Waals surface area contributed by atoms with E-state index in [2.05, 4.69) is 0 Å². The Morgan fingerprint density at radius 2 is 1.68 bits per heavy atom. The molecule has 0 aliphatic heterocycles. The quantitative estimate of drug-likeness (QED) is 0.671. The average molecular weight is 391 g/mol. The largest absolute Gasteiger partial charge is 0.481 e. The molecule has 25 heavy (non-hydrogen) atoms. The summed E-state index contributed by atoms with van der Waals surface area (Å²) in [5, 5.41) is 9.49. The van der Waals surface area contributed by atoms with Gasteiger partial charge in [0.05, 0.1) is 10.9 Å². The van der Waals surface area contributed by atoms with Crippen molar-refractivity contribution in [3.63, 3.8) is 0 Å². The van der Waals surface area contributed by atoms with E-state index in [9.17, 15) is 23.1 Å². The molecule has 0 aliphatic carbocycles. The lowest BCUT2D eigenvalue weighted by molar-refractivity contribution is -0.144. The number of benzene rings is 2. The molecule has 0 radical (unpaired) electrons. The number of hydrogen-bond donors (Lipinski definition) is 1. The minimum atomic E-state index is -1.41. The minimum absolute atomic E-state index is 0.335. The number of carboxylic acids is 1. The number of carbonyl (C=O) groups is 1. The summed E-state index contributed by atoms with van der Waals surface area (Å²) in [6.07, 6.45) is -0.468. The third-order valence-electron chi connectivity index (χ3n) is 4.37.